The molecule has 24 heavy (non-hydrogen) atoms. The molecule has 0 saturated heterocycles. The van der Waals surface area contributed by atoms with E-state index in [4.69, 9.17) is 4.12 Å². The molecule has 2 fully saturated rings. The maximum absolute atomic E-state index is 6.00. The lowest BCUT2D eigenvalue weighted by molar-refractivity contribution is 0.196. The third-order valence-electron chi connectivity index (χ3n) is 7.03. The SMILES string of the molecule is C1CCC(C2CCCCC2)CC1.CC(C)[Si](O[SiH3])(C(C)C)C(C)C. The van der Waals surface area contributed by atoms with Crippen molar-refractivity contribution in [2.24, 2.45) is 11.8 Å². The van der Waals surface area contributed by atoms with Crippen LogP contribution in [-0.4, -0.2) is 18.8 Å². The van der Waals surface area contributed by atoms with E-state index in [0.717, 1.165) is 38.9 Å². The van der Waals surface area contributed by atoms with Crippen molar-refractivity contribution in [2.75, 3.05) is 0 Å². The van der Waals surface area contributed by atoms with Gasteiger partial charge in [0.1, 0.15) is 10.5 Å². The van der Waals surface area contributed by atoms with E-state index < -0.39 is 8.32 Å². The summed E-state index contributed by atoms with van der Waals surface area (Å²) in [6, 6.07) is 0. The zero-order chi connectivity index (χ0) is 18.2. The van der Waals surface area contributed by atoms with Crippen LogP contribution in [0.1, 0.15) is 106 Å². The second kappa shape index (κ2) is 11.2. The molecule has 0 aromatic rings. The van der Waals surface area contributed by atoms with Gasteiger partial charge in [-0.3, -0.25) is 0 Å². The molecular formula is C21H46OSi2. The minimum atomic E-state index is -1.44. The molecule has 3 heteroatoms. The Balaban J connectivity index is 0.000000240. The van der Waals surface area contributed by atoms with Gasteiger partial charge in [-0.05, 0) is 28.5 Å². The van der Waals surface area contributed by atoms with Crippen molar-refractivity contribution in [2.45, 2.75) is 122 Å². The Morgan fingerprint density at radius 3 is 1.08 bits per heavy atom. The van der Waals surface area contributed by atoms with Gasteiger partial charge in [0.2, 0.25) is 0 Å². The van der Waals surface area contributed by atoms with Gasteiger partial charge in [0.05, 0.1) is 0 Å². The molecule has 2 rings (SSSR count). The van der Waals surface area contributed by atoms with Gasteiger partial charge in [0.25, 0.3) is 0 Å². The Bertz CT molecular complexity index is 278. The van der Waals surface area contributed by atoms with Gasteiger partial charge >= 0.3 is 0 Å². The molecule has 0 bridgehead atoms. The van der Waals surface area contributed by atoms with Gasteiger partial charge < -0.3 is 4.12 Å². The second-order valence-electron chi connectivity index (χ2n) is 9.32. The van der Waals surface area contributed by atoms with Crippen LogP contribution in [0.25, 0.3) is 0 Å². The molecule has 0 aliphatic heterocycles. The normalized spacial score (nSPS) is 21.4. The minimum Gasteiger partial charge on any atom is -0.463 e. The van der Waals surface area contributed by atoms with E-state index in [9.17, 15) is 0 Å². The first kappa shape index (κ1) is 22.4. The van der Waals surface area contributed by atoms with Crippen LogP contribution < -0.4 is 0 Å². The van der Waals surface area contributed by atoms with Crippen LogP contribution in [-0.2, 0) is 4.12 Å². The third kappa shape index (κ3) is 5.98. The lowest BCUT2D eigenvalue weighted by Gasteiger charge is -2.41. The summed E-state index contributed by atoms with van der Waals surface area (Å²) in [5, 5.41) is 0. The monoisotopic (exact) mass is 370 g/mol. The highest BCUT2D eigenvalue weighted by Crippen LogP contribution is 2.41. The zero-order valence-corrected chi connectivity index (χ0v) is 20.9. The Morgan fingerprint density at radius 2 is 0.917 bits per heavy atom. The molecule has 0 heterocycles. The highest BCUT2D eigenvalue weighted by atomic mass is 28.4. The summed E-state index contributed by atoms with van der Waals surface area (Å²) in [5.74, 6) is 2.28. The number of hydrogen-bond acceptors (Lipinski definition) is 1. The quantitative estimate of drug-likeness (QED) is 0.495. The highest BCUT2D eigenvalue weighted by Gasteiger charge is 2.43. The van der Waals surface area contributed by atoms with Crippen molar-refractivity contribution in [1.29, 1.82) is 0 Å². The Hall–Kier alpha value is 0.394. The van der Waals surface area contributed by atoms with Crippen LogP contribution in [0.4, 0.5) is 0 Å². The van der Waals surface area contributed by atoms with E-state index in [0.29, 0.717) is 0 Å². The highest BCUT2D eigenvalue weighted by molar-refractivity contribution is 6.79. The van der Waals surface area contributed by atoms with Crippen LogP contribution in [0, 0.1) is 11.8 Å². The third-order valence-corrected chi connectivity index (χ3v) is 15.3. The first-order valence-corrected chi connectivity index (χ1v) is 13.9. The predicted molar refractivity (Wildman–Crippen MR) is 115 cm³/mol. The first-order valence-electron chi connectivity index (χ1n) is 10.9. The summed E-state index contributed by atoms with van der Waals surface area (Å²) in [5.41, 5.74) is 2.24. The largest absolute Gasteiger partial charge is 0.463 e. The number of hydrogen-bond donors (Lipinski definition) is 0. The van der Waals surface area contributed by atoms with E-state index in [1.54, 1.807) is 25.7 Å². The summed E-state index contributed by atoms with van der Waals surface area (Å²) >= 11 is 0. The zero-order valence-electron chi connectivity index (χ0n) is 17.9. The van der Waals surface area contributed by atoms with Crippen LogP contribution in [0.15, 0.2) is 0 Å². The molecule has 2 aliphatic carbocycles. The number of rotatable bonds is 5. The Morgan fingerprint density at radius 1 is 0.625 bits per heavy atom. The molecule has 0 atom stereocenters. The standard InChI is InChI=1S/C12H22.C9H24OSi2/c1-3-7-11(8-4-1)12-9-5-2-6-10-12;1-7(2)12(10-11,8(3)4)9(5)6/h11-12H,1-10H2;7-9H,1-6,11H3. The molecule has 0 unspecified atom stereocenters. The maximum atomic E-state index is 6.00. The second-order valence-corrected chi connectivity index (χ2v) is 16.1. The van der Waals surface area contributed by atoms with E-state index in [1.807, 2.05) is 0 Å². The molecule has 2 aliphatic rings. The molecule has 1 nitrogen and oxygen atoms in total. The van der Waals surface area contributed by atoms with E-state index >= 15 is 0 Å². The fourth-order valence-electron chi connectivity index (χ4n) is 5.92. The van der Waals surface area contributed by atoms with Gasteiger partial charge in [-0.1, -0.05) is 106 Å². The molecule has 0 amide bonds. The van der Waals surface area contributed by atoms with Crippen molar-refractivity contribution in [3.05, 3.63) is 0 Å². The van der Waals surface area contributed by atoms with Gasteiger partial charge in [-0.25, -0.2) is 0 Å². The van der Waals surface area contributed by atoms with Crippen LogP contribution in [0.5, 0.6) is 0 Å². The summed E-state index contributed by atoms with van der Waals surface area (Å²) in [6.07, 6.45) is 15.4. The molecule has 2 saturated carbocycles. The molecule has 0 spiro atoms. The van der Waals surface area contributed by atoms with Crippen LogP contribution in [0.2, 0.25) is 16.6 Å². The molecule has 144 valence electrons. The van der Waals surface area contributed by atoms with Gasteiger partial charge in [0.15, 0.2) is 8.32 Å². The van der Waals surface area contributed by atoms with E-state index in [1.165, 1.54) is 38.5 Å². The van der Waals surface area contributed by atoms with Crippen molar-refractivity contribution in [1.82, 2.24) is 0 Å². The van der Waals surface area contributed by atoms with Crippen molar-refractivity contribution in [3.8, 4) is 0 Å². The summed E-state index contributed by atoms with van der Waals surface area (Å²) in [7, 11) is -0.538. The fourth-order valence-corrected chi connectivity index (χ4v) is 15.6. The van der Waals surface area contributed by atoms with Gasteiger partial charge in [-0.2, -0.15) is 0 Å². The van der Waals surface area contributed by atoms with E-state index in [-0.39, 0.29) is 0 Å². The predicted octanol–water partition coefficient (Wildman–Crippen LogP) is 6.61. The van der Waals surface area contributed by atoms with Crippen molar-refractivity contribution >= 4 is 18.8 Å². The molecule has 0 N–H and O–H groups in total. The average molecular weight is 371 g/mol. The molecular weight excluding hydrogens is 324 g/mol. The topological polar surface area (TPSA) is 9.23 Å². The summed E-state index contributed by atoms with van der Waals surface area (Å²) in [6.45, 7) is 13.9. The van der Waals surface area contributed by atoms with Gasteiger partial charge in [-0.15, -0.1) is 0 Å². The lowest BCUT2D eigenvalue weighted by Crippen LogP contribution is -2.47. The van der Waals surface area contributed by atoms with Crippen molar-refractivity contribution in [3.63, 3.8) is 0 Å². The fraction of sp³-hybridized carbons (Fsp3) is 1.00. The first-order chi connectivity index (χ1) is 11.4. The van der Waals surface area contributed by atoms with Crippen LogP contribution in [0.3, 0.4) is 0 Å². The molecule has 0 radical (unpaired) electrons. The Kier molecular flexibility index (Phi) is 10.5. The summed E-state index contributed by atoms with van der Waals surface area (Å²) in [4.78, 5) is 0. The summed E-state index contributed by atoms with van der Waals surface area (Å²) < 4.78 is 6.00. The molecule has 0 aromatic carbocycles. The smallest absolute Gasteiger partial charge is 0.186 e. The molecule has 0 aromatic heterocycles. The van der Waals surface area contributed by atoms with Crippen molar-refractivity contribution < 1.29 is 4.12 Å². The minimum absolute atomic E-state index is 0.745. The maximum Gasteiger partial charge on any atom is 0.186 e. The van der Waals surface area contributed by atoms with Crippen LogP contribution >= 0.6 is 0 Å². The lowest BCUT2D eigenvalue weighted by atomic mass is 9.73. The Labute approximate surface area is 157 Å². The average Bonchev–Trinajstić information content (AvgIpc) is 2.57. The van der Waals surface area contributed by atoms with E-state index in [2.05, 4.69) is 41.5 Å². The van der Waals surface area contributed by atoms with Gasteiger partial charge in [0, 0.05) is 0 Å².